The second-order valence-corrected chi connectivity index (χ2v) is 7.43. The SMILES string of the molecule is CCC(C)C(C(=O)NCCC(=N)OC(=N)C1CC1)C(C)(C)C.[HH]. The summed E-state index contributed by atoms with van der Waals surface area (Å²) in [5.41, 5.74) is -0.0857. The first-order chi connectivity index (χ1) is 10.2. The van der Waals surface area contributed by atoms with E-state index in [1.54, 1.807) is 0 Å². The second kappa shape index (κ2) is 7.75. The van der Waals surface area contributed by atoms with Gasteiger partial charge in [-0.05, 0) is 24.2 Å². The number of hydrogen-bond donors (Lipinski definition) is 3. The van der Waals surface area contributed by atoms with Crippen molar-refractivity contribution in [3.8, 4) is 0 Å². The maximum absolute atomic E-state index is 12.4. The molecule has 1 fully saturated rings. The van der Waals surface area contributed by atoms with Crippen molar-refractivity contribution in [2.45, 2.75) is 60.3 Å². The van der Waals surface area contributed by atoms with Gasteiger partial charge in [0.2, 0.25) is 5.91 Å². The largest absolute Gasteiger partial charge is 0.429 e. The van der Waals surface area contributed by atoms with Crippen LogP contribution in [0.15, 0.2) is 0 Å². The topological polar surface area (TPSA) is 86.0 Å². The molecule has 0 aromatic carbocycles. The Labute approximate surface area is 135 Å². The molecule has 0 spiro atoms. The van der Waals surface area contributed by atoms with Gasteiger partial charge in [-0.1, -0.05) is 41.0 Å². The summed E-state index contributed by atoms with van der Waals surface area (Å²) in [5.74, 6) is 0.796. The summed E-state index contributed by atoms with van der Waals surface area (Å²) in [4.78, 5) is 12.4. The van der Waals surface area contributed by atoms with Crippen LogP contribution in [0.5, 0.6) is 0 Å². The molecular formula is C17H33N3O2. The summed E-state index contributed by atoms with van der Waals surface area (Å²) in [5, 5.41) is 18.3. The molecule has 0 aliphatic heterocycles. The van der Waals surface area contributed by atoms with Crippen molar-refractivity contribution in [1.82, 2.24) is 5.32 Å². The highest BCUT2D eigenvalue weighted by Crippen LogP contribution is 2.34. The Morgan fingerprint density at radius 3 is 2.41 bits per heavy atom. The molecular weight excluding hydrogens is 278 g/mol. The van der Waals surface area contributed by atoms with E-state index in [0.717, 1.165) is 19.3 Å². The lowest BCUT2D eigenvalue weighted by atomic mass is 9.72. The van der Waals surface area contributed by atoms with E-state index >= 15 is 0 Å². The van der Waals surface area contributed by atoms with Gasteiger partial charge in [-0.25, -0.2) is 0 Å². The van der Waals surface area contributed by atoms with E-state index in [-0.39, 0.29) is 36.4 Å². The van der Waals surface area contributed by atoms with E-state index in [4.69, 9.17) is 15.6 Å². The van der Waals surface area contributed by atoms with E-state index in [1.807, 2.05) is 0 Å². The molecule has 2 atom stereocenters. The van der Waals surface area contributed by atoms with Gasteiger partial charge < -0.3 is 10.1 Å². The Bertz CT molecular complexity index is 428. The molecule has 128 valence electrons. The second-order valence-electron chi connectivity index (χ2n) is 7.43. The number of amides is 1. The maximum Gasteiger partial charge on any atom is 0.223 e. The van der Waals surface area contributed by atoms with Gasteiger partial charge in [0.05, 0.1) is 0 Å². The average molecular weight is 311 g/mol. The molecule has 22 heavy (non-hydrogen) atoms. The van der Waals surface area contributed by atoms with Gasteiger partial charge in [0, 0.05) is 26.2 Å². The Morgan fingerprint density at radius 1 is 1.36 bits per heavy atom. The van der Waals surface area contributed by atoms with Crippen molar-refractivity contribution in [1.29, 1.82) is 10.8 Å². The molecule has 3 N–H and O–H groups in total. The average Bonchev–Trinajstić information content (AvgIpc) is 3.20. The van der Waals surface area contributed by atoms with Crippen molar-refractivity contribution in [2.24, 2.45) is 23.2 Å². The minimum absolute atomic E-state index is 0. The lowest BCUT2D eigenvalue weighted by molar-refractivity contribution is -0.130. The van der Waals surface area contributed by atoms with Gasteiger partial charge in [0.1, 0.15) is 0 Å². The molecule has 0 saturated heterocycles. The highest BCUT2D eigenvalue weighted by molar-refractivity contribution is 5.91. The predicted molar refractivity (Wildman–Crippen MR) is 91.4 cm³/mol. The summed E-state index contributed by atoms with van der Waals surface area (Å²) in [6.45, 7) is 10.9. The fraction of sp³-hybridized carbons (Fsp3) is 0.824. The molecule has 5 nitrogen and oxygen atoms in total. The van der Waals surface area contributed by atoms with Crippen LogP contribution in [-0.4, -0.2) is 24.2 Å². The van der Waals surface area contributed by atoms with E-state index in [1.165, 1.54) is 0 Å². The lowest BCUT2D eigenvalue weighted by Crippen LogP contribution is -2.42. The zero-order valence-electron chi connectivity index (χ0n) is 14.6. The van der Waals surface area contributed by atoms with Crippen LogP contribution in [0, 0.1) is 34.0 Å². The third-order valence-corrected chi connectivity index (χ3v) is 4.26. The van der Waals surface area contributed by atoms with Gasteiger partial charge >= 0.3 is 0 Å². The molecule has 1 amide bonds. The molecule has 0 radical (unpaired) electrons. The summed E-state index contributed by atoms with van der Waals surface area (Å²) in [6.07, 6.45) is 3.28. The molecule has 0 bridgehead atoms. The monoisotopic (exact) mass is 311 g/mol. The van der Waals surface area contributed by atoms with Crippen molar-refractivity contribution >= 4 is 17.7 Å². The fourth-order valence-electron chi connectivity index (χ4n) is 2.76. The van der Waals surface area contributed by atoms with Crippen molar-refractivity contribution < 1.29 is 11.0 Å². The predicted octanol–water partition coefficient (Wildman–Crippen LogP) is 3.83. The van der Waals surface area contributed by atoms with Crippen LogP contribution >= 0.6 is 0 Å². The van der Waals surface area contributed by atoms with Gasteiger partial charge in [0.15, 0.2) is 11.8 Å². The minimum atomic E-state index is -0.0857. The van der Waals surface area contributed by atoms with Gasteiger partial charge in [0.25, 0.3) is 0 Å². The highest BCUT2D eigenvalue weighted by Gasteiger charge is 2.34. The summed E-state index contributed by atoms with van der Waals surface area (Å²) in [7, 11) is 0. The number of carbonyl (C=O) groups is 1. The van der Waals surface area contributed by atoms with Crippen LogP contribution in [0.4, 0.5) is 0 Å². The van der Waals surface area contributed by atoms with Crippen LogP contribution in [0.3, 0.4) is 0 Å². The molecule has 5 heteroatoms. The van der Waals surface area contributed by atoms with Crippen molar-refractivity contribution in [2.75, 3.05) is 6.54 Å². The smallest absolute Gasteiger partial charge is 0.223 e. The molecule has 1 saturated carbocycles. The molecule has 2 unspecified atom stereocenters. The van der Waals surface area contributed by atoms with E-state index in [0.29, 0.717) is 18.9 Å². The van der Waals surface area contributed by atoms with Crippen molar-refractivity contribution in [3.63, 3.8) is 0 Å². The number of hydrogen-bond acceptors (Lipinski definition) is 4. The summed E-state index contributed by atoms with van der Waals surface area (Å²) in [6, 6.07) is 0. The first-order valence-electron chi connectivity index (χ1n) is 8.28. The van der Waals surface area contributed by atoms with E-state index in [2.05, 4.69) is 39.9 Å². The number of carbonyl (C=O) groups excluding carboxylic acids is 1. The zero-order valence-corrected chi connectivity index (χ0v) is 14.6. The standard InChI is InChI=1S/C17H31N3O2.H2/c1-6-11(2)14(17(3,4)5)16(21)20-10-9-13(18)22-15(19)12-7-8-12;/h11-12,14,18-19H,6-10H2,1-5H3,(H,20,21);1H. The van der Waals surface area contributed by atoms with Crippen molar-refractivity contribution in [3.05, 3.63) is 0 Å². The molecule has 1 aliphatic carbocycles. The Hall–Kier alpha value is -1.39. The first kappa shape index (κ1) is 18.7. The first-order valence-corrected chi connectivity index (χ1v) is 8.28. The number of nitrogens with one attached hydrogen (secondary N) is 3. The Balaban J connectivity index is 0.00000484. The van der Waals surface area contributed by atoms with E-state index < -0.39 is 0 Å². The summed E-state index contributed by atoms with van der Waals surface area (Å²) < 4.78 is 5.17. The fourth-order valence-corrected chi connectivity index (χ4v) is 2.76. The van der Waals surface area contributed by atoms with Crippen LogP contribution in [-0.2, 0) is 9.53 Å². The van der Waals surface area contributed by atoms with Gasteiger partial charge in [-0.3, -0.25) is 15.6 Å². The molecule has 1 rings (SSSR count). The summed E-state index contributed by atoms with van der Waals surface area (Å²) >= 11 is 0. The third-order valence-electron chi connectivity index (χ3n) is 4.26. The minimum Gasteiger partial charge on any atom is -0.429 e. The van der Waals surface area contributed by atoms with Crippen LogP contribution in [0.1, 0.15) is 61.7 Å². The highest BCUT2D eigenvalue weighted by atomic mass is 16.5. The zero-order chi connectivity index (χ0) is 16.9. The number of rotatable bonds is 7. The third kappa shape index (κ3) is 5.78. The van der Waals surface area contributed by atoms with Crippen LogP contribution in [0.25, 0.3) is 0 Å². The Kier molecular flexibility index (Phi) is 6.57. The normalized spacial score (nSPS) is 17.5. The maximum atomic E-state index is 12.4. The quantitative estimate of drug-likeness (QED) is 0.493. The van der Waals surface area contributed by atoms with E-state index in [9.17, 15) is 4.79 Å². The van der Waals surface area contributed by atoms with Gasteiger partial charge in [-0.15, -0.1) is 0 Å². The molecule has 0 aromatic heterocycles. The van der Waals surface area contributed by atoms with Crippen LogP contribution < -0.4 is 5.32 Å². The lowest BCUT2D eigenvalue weighted by Gasteiger charge is -2.34. The molecule has 1 aliphatic rings. The van der Waals surface area contributed by atoms with Gasteiger partial charge in [-0.2, -0.15) is 0 Å². The molecule has 0 heterocycles. The Morgan fingerprint density at radius 2 is 1.95 bits per heavy atom. The molecule has 0 aromatic rings. The van der Waals surface area contributed by atoms with Crippen LogP contribution in [0.2, 0.25) is 0 Å². The number of ether oxygens (including phenoxy) is 1.